The zero-order valence-electron chi connectivity index (χ0n) is 31.7. The summed E-state index contributed by atoms with van der Waals surface area (Å²) in [6, 6.07) is 21.0. The molecule has 0 aromatic heterocycles. The van der Waals surface area contributed by atoms with Crippen LogP contribution in [0.15, 0.2) is 65.7 Å². The Kier molecular flexibility index (Phi) is 13.6. The quantitative estimate of drug-likeness (QED) is 0.219. The molecule has 259 valence electrons. The molecule has 0 saturated heterocycles. The van der Waals surface area contributed by atoms with Crippen LogP contribution in [0.4, 0.5) is 0 Å². The number of halogens is 2. The fraction of sp³-hybridized carbons (Fsp3) is 0.341. The van der Waals surface area contributed by atoms with Gasteiger partial charge in [0.05, 0.1) is 7.11 Å². The molecular weight excluding hydrogens is 749 g/mol. The monoisotopic (exact) mass is 796 g/mol. The maximum atomic E-state index is 6.27. The fourth-order valence-electron chi connectivity index (χ4n) is 7.74. The van der Waals surface area contributed by atoms with Gasteiger partial charge in [0.15, 0.2) is 0 Å². The normalized spacial score (nSPS) is 15.8. The Morgan fingerprint density at radius 3 is 1.74 bits per heavy atom. The number of hydrogen-bond donors (Lipinski definition) is 0. The van der Waals surface area contributed by atoms with Crippen molar-refractivity contribution in [3.63, 3.8) is 0 Å². The van der Waals surface area contributed by atoms with Crippen molar-refractivity contribution in [1.29, 1.82) is 0 Å². The summed E-state index contributed by atoms with van der Waals surface area (Å²) >= 11 is 0. The number of fused-ring (bicyclic) bond motifs is 2. The number of hydrogen-bond acceptors (Lipinski definition) is 1. The molecule has 0 N–H and O–H groups in total. The van der Waals surface area contributed by atoms with Crippen LogP contribution in [-0.4, -0.2) is 21.2 Å². The number of ether oxygens (including phenoxy) is 1. The van der Waals surface area contributed by atoms with Crippen molar-refractivity contribution in [3.05, 3.63) is 127 Å². The number of methoxy groups -OCH3 is 1. The minimum atomic E-state index is -0.487. The van der Waals surface area contributed by atoms with Crippen LogP contribution < -0.4 is 29.6 Å². The van der Waals surface area contributed by atoms with Crippen molar-refractivity contribution in [3.8, 4) is 28.0 Å². The van der Waals surface area contributed by atoms with Crippen LogP contribution in [0.2, 0.25) is 13.1 Å². The number of benzene rings is 4. The molecule has 0 heterocycles. The maximum Gasteiger partial charge on any atom is 3.00 e. The number of aryl methyl sites for hydroxylation is 4. The summed E-state index contributed by atoms with van der Waals surface area (Å²) in [5.74, 6) is 0.975. The van der Waals surface area contributed by atoms with E-state index >= 15 is 0 Å². The van der Waals surface area contributed by atoms with Crippen LogP contribution in [0, 0.1) is 27.7 Å². The van der Waals surface area contributed by atoms with E-state index < -0.39 is 8.41 Å². The van der Waals surface area contributed by atoms with E-state index in [2.05, 4.69) is 148 Å². The first-order chi connectivity index (χ1) is 22.1. The minimum Gasteiger partial charge on any atom is -1.00 e. The average molecular weight is 799 g/mol. The zero-order valence-corrected chi connectivity index (χ0v) is 36.7. The Labute approximate surface area is 334 Å². The van der Waals surface area contributed by atoms with Gasteiger partial charge in [-0.25, -0.2) is 0 Å². The molecule has 2 aliphatic rings. The Bertz CT molecular complexity index is 2010. The van der Waals surface area contributed by atoms with Crippen LogP contribution in [0.3, 0.4) is 0 Å². The zero-order chi connectivity index (χ0) is 33.9. The van der Waals surface area contributed by atoms with Crippen LogP contribution in [0.25, 0.3) is 39.7 Å². The second-order valence-corrected chi connectivity index (χ2v) is 17.8. The molecule has 50 heavy (non-hydrogen) atoms. The van der Waals surface area contributed by atoms with E-state index in [0.29, 0.717) is 0 Å². The van der Waals surface area contributed by atoms with Gasteiger partial charge in [0.1, 0.15) is 5.75 Å². The third-order valence-corrected chi connectivity index (χ3v) is 10.5. The second-order valence-electron chi connectivity index (χ2n) is 15.4. The molecule has 2 atom stereocenters. The molecule has 0 spiro atoms. The third-order valence-electron chi connectivity index (χ3n) is 9.59. The van der Waals surface area contributed by atoms with E-state index in [-0.39, 0.29) is 68.5 Å². The van der Waals surface area contributed by atoms with E-state index in [1.807, 2.05) is 7.11 Å². The molecule has 6 rings (SSSR count). The van der Waals surface area contributed by atoms with E-state index in [9.17, 15) is 0 Å². The van der Waals surface area contributed by atoms with Gasteiger partial charge in [-0.15, -0.1) is 0 Å². The molecule has 1 radical (unpaired) electrons. The summed E-state index contributed by atoms with van der Waals surface area (Å²) in [6.45, 7) is 24.9. The van der Waals surface area contributed by atoms with Crippen LogP contribution >= 0.6 is 0 Å². The molecule has 4 aromatic rings. The summed E-state index contributed by atoms with van der Waals surface area (Å²) in [7, 11) is 1.33. The van der Waals surface area contributed by atoms with E-state index in [1.165, 1.54) is 89.0 Å². The molecule has 0 fully saturated rings. The largest absolute Gasteiger partial charge is 3.00 e. The molecule has 4 aromatic carbocycles. The van der Waals surface area contributed by atoms with Gasteiger partial charge in [0, 0.05) is 19.5 Å². The molecule has 0 bridgehead atoms. The van der Waals surface area contributed by atoms with Crippen molar-refractivity contribution in [2.75, 3.05) is 7.11 Å². The van der Waals surface area contributed by atoms with Crippen LogP contribution in [-0.2, 0) is 31.6 Å². The first-order valence-corrected chi connectivity index (χ1v) is 19.5. The van der Waals surface area contributed by atoms with E-state index in [1.54, 1.807) is 0 Å². The molecule has 0 amide bonds. The molecule has 0 saturated carbocycles. The standard InChI is InChI=1S/C44H50NOSi.2ClH.Zr/c1-25-13-26(2)17-33(16-25)40-36-21-30(6)42(38(36)23-39(43(40)46-10)44(7,8)9)45-41-29(5)20-35-34(18-28(4)19-37(35)41)32-15-27(3)14-31(22-32)24-47(11)12;;;/h13-24,41-42H,1-12H3;2*1H;/q-1;;;+3/p-2. The van der Waals surface area contributed by atoms with Crippen LogP contribution in [0.1, 0.15) is 102 Å². The summed E-state index contributed by atoms with van der Waals surface area (Å²) in [5, 5.41) is 5.74. The van der Waals surface area contributed by atoms with Crippen molar-refractivity contribution in [2.24, 2.45) is 0 Å². The summed E-state index contributed by atoms with van der Waals surface area (Å²) in [4.78, 5) is 0. The Morgan fingerprint density at radius 1 is 0.660 bits per heavy atom. The Morgan fingerprint density at radius 2 is 1.18 bits per heavy atom. The van der Waals surface area contributed by atoms with Crippen molar-refractivity contribution in [1.82, 2.24) is 0 Å². The van der Waals surface area contributed by atoms with Gasteiger partial charge in [-0.1, -0.05) is 151 Å². The Balaban J connectivity index is 0.00000225. The predicted molar refractivity (Wildman–Crippen MR) is 207 cm³/mol. The van der Waals surface area contributed by atoms with Crippen molar-refractivity contribution < 1.29 is 55.8 Å². The summed E-state index contributed by atoms with van der Waals surface area (Å²) in [5.41, 5.74) is 22.8. The summed E-state index contributed by atoms with van der Waals surface area (Å²) < 4.78 is 6.27. The predicted octanol–water partition coefficient (Wildman–Crippen LogP) is 6.04. The van der Waals surface area contributed by atoms with Gasteiger partial charge in [-0.05, 0) is 92.0 Å². The molecule has 0 aliphatic heterocycles. The second kappa shape index (κ2) is 16.1. The third kappa shape index (κ3) is 8.16. The molecule has 2 unspecified atom stereocenters. The maximum absolute atomic E-state index is 6.27. The minimum absolute atomic E-state index is 0. The first kappa shape index (κ1) is 42.1. The smallest absolute Gasteiger partial charge is 1.00 e. The fourth-order valence-corrected chi connectivity index (χ4v) is 8.58. The van der Waals surface area contributed by atoms with E-state index in [4.69, 9.17) is 10.1 Å². The first-order valence-electron chi connectivity index (χ1n) is 17.0. The number of nitrogens with zero attached hydrogens (tertiary/aromatic N) is 1. The van der Waals surface area contributed by atoms with Crippen LogP contribution in [0.5, 0.6) is 5.75 Å². The number of rotatable bonds is 6. The topological polar surface area (TPSA) is 23.3 Å². The molecular formula is C44H50Cl2NOSiZr. The van der Waals surface area contributed by atoms with Gasteiger partial charge in [-0.2, -0.15) is 0 Å². The Hall–Kier alpha value is -2.33. The van der Waals surface area contributed by atoms with Gasteiger partial charge in [0.2, 0.25) is 0 Å². The van der Waals surface area contributed by atoms with Gasteiger partial charge in [0.25, 0.3) is 0 Å². The summed E-state index contributed by atoms with van der Waals surface area (Å²) in [6.07, 6.45) is 4.76. The van der Waals surface area contributed by atoms with Crippen molar-refractivity contribution in [2.45, 2.75) is 92.9 Å². The van der Waals surface area contributed by atoms with Gasteiger partial charge >= 0.3 is 26.2 Å². The SMILES string of the molecule is COc1c(C(C)(C)C)cc2c(c1-c1cc(C)cc(C)c1)C=C(C)C2[N-]C1C(C)=Cc2c(-c3cc(C)cc(C=[Si](C)C)c3)cc(C)cc21.[Cl-].[Cl-].[Zr+3]. The molecule has 6 heteroatoms. The van der Waals surface area contributed by atoms with E-state index in [0.717, 1.165) is 5.75 Å². The molecule has 2 aliphatic carbocycles. The van der Waals surface area contributed by atoms with Crippen molar-refractivity contribution >= 4 is 26.2 Å². The van der Waals surface area contributed by atoms with Gasteiger partial charge < -0.3 is 34.9 Å². The molecule has 2 nitrogen and oxygen atoms in total. The van der Waals surface area contributed by atoms with Gasteiger partial charge in [-0.3, -0.25) is 0 Å². The average Bonchev–Trinajstić information content (AvgIpc) is 3.44.